The van der Waals surface area contributed by atoms with Crippen LogP contribution in [0.4, 0.5) is 5.69 Å². The molecule has 0 saturated carbocycles. The number of epoxide rings is 1. The zero-order valence-electron chi connectivity index (χ0n) is 19.1. The molecule has 33 heavy (non-hydrogen) atoms. The molecule has 174 valence electrons. The van der Waals surface area contributed by atoms with Crippen LogP contribution in [0.15, 0.2) is 48.5 Å². The second kappa shape index (κ2) is 9.96. The van der Waals surface area contributed by atoms with Crippen LogP contribution in [-0.2, 0) is 16.0 Å². The molecule has 2 fully saturated rings. The normalized spacial score (nSPS) is 20.5. The Balaban J connectivity index is 1.12. The minimum absolute atomic E-state index is 0.0507. The number of rotatable bonds is 8. The number of carbonyl (C=O) groups excluding carboxylic acids is 2. The quantitative estimate of drug-likeness (QED) is 0.448. The van der Waals surface area contributed by atoms with Crippen molar-refractivity contribution in [3.63, 3.8) is 0 Å². The summed E-state index contributed by atoms with van der Waals surface area (Å²) >= 11 is 0. The van der Waals surface area contributed by atoms with Gasteiger partial charge in [-0.05, 0) is 74.4 Å². The summed E-state index contributed by atoms with van der Waals surface area (Å²) in [5.41, 5.74) is 2.98. The van der Waals surface area contributed by atoms with Crippen LogP contribution in [0.2, 0.25) is 0 Å². The average molecular weight is 449 g/mol. The van der Waals surface area contributed by atoms with Gasteiger partial charge in [0.15, 0.2) is 0 Å². The minimum atomic E-state index is 0.0507. The maximum absolute atomic E-state index is 13.0. The molecule has 0 N–H and O–H groups in total. The van der Waals surface area contributed by atoms with Gasteiger partial charge < -0.3 is 19.3 Å². The number of ether oxygens (including phenoxy) is 2. The van der Waals surface area contributed by atoms with Crippen LogP contribution in [0.5, 0.6) is 5.75 Å². The van der Waals surface area contributed by atoms with Crippen molar-refractivity contribution in [2.45, 2.75) is 57.1 Å². The van der Waals surface area contributed by atoms with Gasteiger partial charge in [0, 0.05) is 36.8 Å². The number of para-hydroxylation sites is 1. The molecule has 1 atom stereocenters. The highest BCUT2D eigenvalue weighted by atomic mass is 16.6. The fourth-order valence-electron chi connectivity index (χ4n) is 4.96. The van der Waals surface area contributed by atoms with Gasteiger partial charge in [0.1, 0.15) is 5.75 Å². The number of fused-ring (bicyclic) bond motifs is 1. The van der Waals surface area contributed by atoms with E-state index in [0.29, 0.717) is 37.8 Å². The number of amides is 2. The number of benzene rings is 2. The Morgan fingerprint density at radius 3 is 2.52 bits per heavy atom. The lowest BCUT2D eigenvalue weighted by molar-refractivity contribution is -0.119. The molecule has 1 unspecified atom stereocenters. The van der Waals surface area contributed by atoms with Crippen molar-refractivity contribution in [2.75, 3.05) is 31.2 Å². The Hall–Kier alpha value is -2.86. The number of piperidine rings is 1. The second-order valence-electron chi connectivity index (χ2n) is 9.24. The van der Waals surface area contributed by atoms with Gasteiger partial charge in [-0.1, -0.05) is 18.2 Å². The lowest BCUT2D eigenvalue weighted by atomic mass is 9.95. The number of likely N-dealkylation sites (tertiary alicyclic amines) is 1. The van der Waals surface area contributed by atoms with Crippen molar-refractivity contribution in [1.29, 1.82) is 0 Å². The van der Waals surface area contributed by atoms with E-state index in [1.165, 1.54) is 5.56 Å². The minimum Gasteiger partial charge on any atom is -0.494 e. The van der Waals surface area contributed by atoms with Gasteiger partial charge in [-0.25, -0.2) is 0 Å². The fraction of sp³-hybridized carbons (Fsp3) is 0.481. The van der Waals surface area contributed by atoms with Crippen molar-refractivity contribution >= 4 is 17.5 Å². The number of aryl methyl sites for hydroxylation is 1. The highest BCUT2D eigenvalue weighted by molar-refractivity contribution is 5.97. The molecule has 2 amide bonds. The Morgan fingerprint density at radius 2 is 1.76 bits per heavy atom. The topological polar surface area (TPSA) is 62.4 Å². The summed E-state index contributed by atoms with van der Waals surface area (Å²) in [5.74, 6) is 1.06. The number of hydrogen-bond acceptors (Lipinski definition) is 4. The smallest absolute Gasteiger partial charge is 0.253 e. The third-order valence-corrected chi connectivity index (χ3v) is 6.94. The standard InChI is InChI=1S/C27H32N2O4/c30-26-13-10-20-5-1-2-7-25(20)29(26)22-14-16-28(17-15-22)27(31)21-8-11-23(12-9-21)32-18-4-3-6-24-19-33-24/h1-2,5,7-9,11-12,22,24H,3-4,6,10,13-19H2. The van der Waals surface area contributed by atoms with Crippen LogP contribution in [0.25, 0.3) is 0 Å². The molecule has 0 aliphatic carbocycles. The third kappa shape index (κ3) is 5.22. The lowest BCUT2D eigenvalue weighted by Crippen LogP contribution is -2.50. The van der Waals surface area contributed by atoms with Crippen molar-refractivity contribution in [3.8, 4) is 5.75 Å². The number of carbonyl (C=O) groups is 2. The first-order valence-electron chi connectivity index (χ1n) is 12.2. The molecule has 0 bridgehead atoms. The highest BCUT2D eigenvalue weighted by Gasteiger charge is 2.33. The Kier molecular flexibility index (Phi) is 6.63. The van der Waals surface area contributed by atoms with Crippen molar-refractivity contribution in [1.82, 2.24) is 4.90 Å². The van der Waals surface area contributed by atoms with Crippen LogP contribution in [0.1, 0.15) is 54.4 Å². The molecular weight excluding hydrogens is 416 g/mol. The molecule has 3 heterocycles. The first-order valence-corrected chi connectivity index (χ1v) is 12.2. The molecule has 0 spiro atoms. The van der Waals surface area contributed by atoms with Gasteiger partial charge >= 0.3 is 0 Å². The van der Waals surface area contributed by atoms with E-state index in [2.05, 4.69) is 12.1 Å². The molecule has 6 nitrogen and oxygen atoms in total. The molecule has 6 heteroatoms. The van der Waals surface area contributed by atoms with E-state index in [0.717, 1.165) is 56.6 Å². The Bertz CT molecular complexity index is 978. The molecular formula is C27H32N2O4. The third-order valence-electron chi connectivity index (χ3n) is 6.94. The largest absolute Gasteiger partial charge is 0.494 e. The summed E-state index contributed by atoms with van der Waals surface area (Å²) < 4.78 is 11.0. The second-order valence-corrected chi connectivity index (χ2v) is 9.24. The molecule has 0 radical (unpaired) electrons. The van der Waals surface area contributed by atoms with E-state index in [-0.39, 0.29) is 17.9 Å². The molecule has 3 aliphatic rings. The van der Waals surface area contributed by atoms with Gasteiger partial charge in [-0.3, -0.25) is 9.59 Å². The molecule has 2 aromatic carbocycles. The maximum atomic E-state index is 13.0. The van der Waals surface area contributed by atoms with E-state index in [1.54, 1.807) is 0 Å². The summed E-state index contributed by atoms with van der Waals surface area (Å²) in [7, 11) is 0. The fourth-order valence-corrected chi connectivity index (χ4v) is 4.96. The monoisotopic (exact) mass is 448 g/mol. The van der Waals surface area contributed by atoms with Crippen LogP contribution < -0.4 is 9.64 Å². The summed E-state index contributed by atoms with van der Waals surface area (Å²) in [5, 5.41) is 0. The van der Waals surface area contributed by atoms with Crippen LogP contribution in [-0.4, -0.2) is 55.2 Å². The molecule has 2 aromatic rings. The Labute approximate surface area is 195 Å². The zero-order chi connectivity index (χ0) is 22.6. The Morgan fingerprint density at radius 1 is 1.00 bits per heavy atom. The number of anilines is 1. The van der Waals surface area contributed by atoms with Gasteiger partial charge in [-0.15, -0.1) is 0 Å². The lowest BCUT2D eigenvalue weighted by Gasteiger charge is -2.41. The molecule has 3 aliphatic heterocycles. The van der Waals surface area contributed by atoms with Crippen molar-refractivity contribution in [3.05, 3.63) is 59.7 Å². The van der Waals surface area contributed by atoms with Crippen LogP contribution in [0.3, 0.4) is 0 Å². The highest BCUT2D eigenvalue weighted by Crippen LogP contribution is 2.32. The van der Waals surface area contributed by atoms with Gasteiger partial charge in [0.25, 0.3) is 5.91 Å². The zero-order valence-corrected chi connectivity index (χ0v) is 19.1. The summed E-state index contributed by atoms with van der Waals surface area (Å²) in [4.78, 5) is 29.6. The molecule has 5 rings (SSSR count). The number of nitrogens with zero attached hydrogens (tertiary/aromatic N) is 2. The average Bonchev–Trinajstić information content (AvgIpc) is 3.68. The van der Waals surface area contributed by atoms with E-state index in [4.69, 9.17) is 9.47 Å². The van der Waals surface area contributed by atoms with Gasteiger partial charge in [0.2, 0.25) is 5.91 Å². The van der Waals surface area contributed by atoms with E-state index in [1.807, 2.05) is 46.2 Å². The van der Waals surface area contributed by atoms with E-state index >= 15 is 0 Å². The summed E-state index contributed by atoms with van der Waals surface area (Å²) in [6, 6.07) is 15.8. The van der Waals surface area contributed by atoms with E-state index in [9.17, 15) is 9.59 Å². The van der Waals surface area contributed by atoms with Crippen molar-refractivity contribution < 1.29 is 19.1 Å². The van der Waals surface area contributed by atoms with Gasteiger partial charge in [-0.2, -0.15) is 0 Å². The predicted molar refractivity (Wildman–Crippen MR) is 127 cm³/mol. The number of hydrogen-bond donors (Lipinski definition) is 0. The van der Waals surface area contributed by atoms with Gasteiger partial charge in [0.05, 0.1) is 19.3 Å². The number of unbranched alkanes of at least 4 members (excludes halogenated alkanes) is 1. The van der Waals surface area contributed by atoms with Crippen molar-refractivity contribution in [2.24, 2.45) is 0 Å². The molecule has 2 saturated heterocycles. The first kappa shape index (κ1) is 22.0. The van der Waals surface area contributed by atoms with Crippen LogP contribution in [0, 0.1) is 0 Å². The molecule has 0 aromatic heterocycles. The predicted octanol–water partition coefficient (Wildman–Crippen LogP) is 4.22. The van der Waals surface area contributed by atoms with E-state index < -0.39 is 0 Å². The van der Waals surface area contributed by atoms with Crippen LogP contribution >= 0.6 is 0 Å². The first-order chi connectivity index (χ1) is 16.2. The summed E-state index contributed by atoms with van der Waals surface area (Å²) in [6.45, 7) is 2.93. The SMILES string of the molecule is O=C(c1ccc(OCCCCC2CO2)cc1)N1CCC(N2C(=O)CCc3ccccc32)CC1. The maximum Gasteiger partial charge on any atom is 0.253 e. The summed E-state index contributed by atoms with van der Waals surface area (Å²) in [6.07, 6.45) is 6.73.